The van der Waals surface area contributed by atoms with Crippen LogP contribution in [0.2, 0.25) is 0 Å². The largest absolute Gasteiger partial charge is 0.445 e. The number of rotatable bonds is 9. The Morgan fingerprint density at radius 1 is 0.973 bits per heavy atom. The lowest BCUT2D eigenvalue weighted by molar-refractivity contribution is -0.134. The predicted octanol–water partition coefficient (Wildman–Crippen LogP) is 2.60. The highest BCUT2D eigenvalue weighted by molar-refractivity contribution is 6.00. The summed E-state index contributed by atoms with van der Waals surface area (Å²) in [7, 11) is 0. The van der Waals surface area contributed by atoms with Gasteiger partial charge in [0.15, 0.2) is 0 Å². The average Bonchev–Trinajstić information content (AvgIpc) is 2.91. The molecule has 196 valence electrons. The molecule has 2 aromatic carbocycles. The first-order valence-corrected chi connectivity index (χ1v) is 12.9. The minimum atomic E-state index is -0.431. The van der Waals surface area contributed by atoms with E-state index in [1.165, 1.54) is 0 Å². The van der Waals surface area contributed by atoms with Crippen LogP contribution in [0.4, 0.5) is 4.79 Å². The number of carbonyl (C=O) groups excluding carboxylic acids is 4. The molecule has 1 atom stereocenters. The summed E-state index contributed by atoms with van der Waals surface area (Å²) in [5, 5.41) is 8.61. The van der Waals surface area contributed by atoms with Gasteiger partial charge in [0.05, 0.1) is 5.92 Å². The van der Waals surface area contributed by atoms with Crippen molar-refractivity contribution in [2.75, 3.05) is 19.6 Å². The van der Waals surface area contributed by atoms with Crippen LogP contribution in [0.25, 0.3) is 0 Å². The van der Waals surface area contributed by atoms with Gasteiger partial charge in [-0.1, -0.05) is 54.6 Å². The molecule has 0 bridgehead atoms. The minimum Gasteiger partial charge on any atom is -0.445 e. The Balaban J connectivity index is 1.12. The maximum absolute atomic E-state index is 12.6. The predicted molar refractivity (Wildman–Crippen MR) is 137 cm³/mol. The summed E-state index contributed by atoms with van der Waals surface area (Å²) in [5.74, 6) is -0.669. The molecule has 2 aromatic rings. The van der Waals surface area contributed by atoms with Gasteiger partial charge in [-0.3, -0.25) is 19.7 Å². The zero-order valence-corrected chi connectivity index (χ0v) is 20.9. The van der Waals surface area contributed by atoms with Gasteiger partial charge >= 0.3 is 6.09 Å². The SMILES string of the molecule is O=C1CCC(c2cccc(CNCCC(=O)N3CCC(NC(=O)OCc4ccccc4)CC3)c2)C(=O)N1. The summed E-state index contributed by atoms with van der Waals surface area (Å²) >= 11 is 0. The van der Waals surface area contributed by atoms with E-state index in [4.69, 9.17) is 4.74 Å². The quantitative estimate of drug-likeness (QED) is 0.356. The number of imide groups is 1. The Bertz CT molecular complexity index is 1100. The number of alkyl carbamates (subject to hydrolysis) is 1. The summed E-state index contributed by atoms with van der Waals surface area (Å²) in [6.07, 6.45) is 2.24. The fourth-order valence-electron chi connectivity index (χ4n) is 4.72. The number of hydrogen-bond acceptors (Lipinski definition) is 6. The third-order valence-electron chi connectivity index (χ3n) is 6.82. The maximum atomic E-state index is 12.6. The van der Waals surface area contributed by atoms with Crippen molar-refractivity contribution in [2.45, 2.75) is 57.2 Å². The molecule has 4 rings (SSSR count). The lowest BCUT2D eigenvalue weighted by Crippen LogP contribution is -2.47. The third kappa shape index (κ3) is 7.88. The molecule has 9 nitrogen and oxygen atoms in total. The van der Waals surface area contributed by atoms with E-state index < -0.39 is 6.09 Å². The Labute approximate surface area is 216 Å². The van der Waals surface area contributed by atoms with Gasteiger partial charge in [0, 0.05) is 45.1 Å². The lowest BCUT2D eigenvalue weighted by Gasteiger charge is -2.32. The third-order valence-corrected chi connectivity index (χ3v) is 6.82. The van der Waals surface area contributed by atoms with E-state index in [-0.39, 0.29) is 36.3 Å². The van der Waals surface area contributed by atoms with Crippen LogP contribution in [0, 0.1) is 0 Å². The zero-order valence-electron chi connectivity index (χ0n) is 20.9. The van der Waals surface area contributed by atoms with Crippen LogP contribution >= 0.6 is 0 Å². The number of piperidine rings is 2. The summed E-state index contributed by atoms with van der Waals surface area (Å²) in [6, 6.07) is 17.3. The van der Waals surface area contributed by atoms with E-state index in [0.29, 0.717) is 58.3 Å². The van der Waals surface area contributed by atoms with Crippen LogP contribution in [0.1, 0.15) is 54.7 Å². The smallest absolute Gasteiger partial charge is 0.407 e. The highest BCUT2D eigenvalue weighted by Gasteiger charge is 2.28. The van der Waals surface area contributed by atoms with Crippen molar-refractivity contribution in [2.24, 2.45) is 0 Å². The Morgan fingerprint density at radius 3 is 2.49 bits per heavy atom. The van der Waals surface area contributed by atoms with Crippen molar-refractivity contribution in [3.05, 3.63) is 71.3 Å². The molecule has 2 aliphatic heterocycles. The van der Waals surface area contributed by atoms with Crippen LogP contribution in [0.15, 0.2) is 54.6 Å². The summed E-state index contributed by atoms with van der Waals surface area (Å²) < 4.78 is 5.29. The molecule has 0 aromatic heterocycles. The molecule has 9 heteroatoms. The number of hydrogen-bond donors (Lipinski definition) is 3. The molecule has 0 saturated carbocycles. The molecule has 2 heterocycles. The molecule has 0 radical (unpaired) electrons. The molecular formula is C28H34N4O5. The van der Waals surface area contributed by atoms with Crippen LogP contribution in [0.3, 0.4) is 0 Å². The molecule has 37 heavy (non-hydrogen) atoms. The number of nitrogens with one attached hydrogen (secondary N) is 3. The molecular weight excluding hydrogens is 472 g/mol. The fraction of sp³-hybridized carbons (Fsp3) is 0.429. The number of amides is 4. The second kappa shape index (κ2) is 13.0. The van der Waals surface area contributed by atoms with Gasteiger partial charge in [-0.15, -0.1) is 0 Å². The van der Waals surface area contributed by atoms with Gasteiger partial charge in [0.25, 0.3) is 0 Å². The van der Waals surface area contributed by atoms with E-state index in [0.717, 1.165) is 16.7 Å². The first-order valence-electron chi connectivity index (χ1n) is 12.9. The highest BCUT2D eigenvalue weighted by atomic mass is 16.5. The van der Waals surface area contributed by atoms with Crippen LogP contribution < -0.4 is 16.0 Å². The van der Waals surface area contributed by atoms with Gasteiger partial charge in [-0.2, -0.15) is 0 Å². The average molecular weight is 507 g/mol. The summed E-state index contributed by atoms with van der Waals surface area (Å²) in [6.45, 7) is 2.59. The number of ether oxygens (including phenoxy) is 1. The van der Waals surface area contributed by atoms with E-state index in [9.17, 15) is 19.2 Å². The first-order chi connectivity index (χ1) is 18.0. The molecule has 2 saturated heterocycles. The summed E-state index contributed by atoms with van der Waals surface area (Å²) in [5.41, 5.74) is 2.87. The number of nitrogens with zero attached hydrogens (tertiary/aromatic N) is 1. The molecule has 0 spiro atoms. The van der Waals surface area contributed by atoms with Crippen molar-refractivity contribution in [3.8, 4) is 0 Å². The summed E-state index contributed by atoms with van der Waals surface area (Å²) in [4.78, 5) is 50.1. The van der Waals surface area contributed by atoms with E-state index in [1.807, 2.05) is 59.5 Å². The van der Waals surface area contributed by atoms with E-state index >= 15 is 0 Å². The van der Waals surface area contributed by atoms with Gasteiger partial charge in [0.1, 0.15) is 6.61 Å². The molecule has 4 amide bonds. The highest BCUT2D eigenvalue weighted by Crippen LogP contribution is 2.25. The molecule has 2 fully saturated rings. The van der Waals surface area contributed by atoms with Crippen LogP contribution in [-0.2, 0) is 32.3 Å². The van der Waals surface area contributed by atoms with Gasteiger partial charge in [0.2, 0.25) is 17.7 Å². The Morgan fingerprint density at radius 2 is 1.73 bits per heavy atom. The monoisotopic (exact) mass is 506 g/mol. The van der Waals surface area contributed by atoms with Crippen molar-refractivity contribution >= 4 is 23.8 Å². The van der Waals surface area contributed by atoms with Crippen LogP contribution in [-0.4, -0.2) is 54.4 Å². The number of carbonyl (C=O) groups is 4. The molecule has 0 aliphatic carbocycles. The fourth-order valence-corrected chi connectivity index (χ4v) is 4.72. The topological polar surface area (TPSA) is 117 Å². The number of benzene rings is 2. The second-order valence-corrected chi connectivity index (χ2v) is 9.54. The number of likely N-dealkylation sites (tertiary alicyclic amines) is 1. The minimum absolute atomic E-state index is 0.00194. The lowest BCUT2D eigenvalue weighted by atomic mass is 9.89. The van der Waals surface area contributed by atoms with Crippen molar-refractivity contribution < 1.29 is 23.9 Å². The van der Waals surface area contributed by atoms with Gasteiger partial charge in [-0.25, -0.2) is 4.79 Å². The van der Waals surface area contributed by atoms with E-state index in [2.05, 4.69) is 16.0 Å². The van der Waals surface area contributed by atoms with Gasteiger partial charge < -0.3 is 20.3 Å². The normalized spacial score (nSPS) is 18.3. The standard InChI is InChI=1S/C28H34N4O5/c33-25-10-9-24(27(35)31-25)22-8-4-7-21(17-22)18-29-14-11-26(34)32-15-12-23(13-16-32)30-28(36)37-19-20-5-2-1-3-6-20/h1-8,17,23-24,29H,9-16,18-19H2,(H,30,36)(H,31,33,35). The Hall–Kier alpha value is -3.72. The second-order valence-electron chi connectivity index (χ2n) is 9.54. The molecule has 1 unspecified atom stereocenters. The maximum Gasteiger partial charge on any atom is 0.407 e. The van der Waals surface area contributed by atoms with Crippen molar-refractivity contribution in [1.82, 2.24) is 20.9 Å². The first kappa shape index (κ1) is 26.3. The van der Waals surface area contributed by atoms with Gasteiger partial charge in [-0.05, 0) is 36.0 Å². The van der Waals surface area contributed by atoms with E-state index in [1.54, 1.807) is 0 Å². The van der Waals surface area contributed by atoms with Crippen molar-refractivity contribution in [1.29, 1.82) is 0 Å². The van der Waals surface area contributed by atoms with Crippen LogP contribution in [0.5, 0.6) is 0 Å². The Kier molecular flexibility index (Phi) is 9.26. The zero-order chi connectivity index (χ0) is 26.0. The molecule has 3 N–H and O–H groups in total. The van der Waals surface area contributed by atoms with Crippen molar-refractivity contribution in [3.63, 3.8) is 0 Å². The molecule has 2 aliphatic rings.